The summed E-state index contributed by atoms with van der Waals surface area (Å²) in [4.78, 5) is 0. The molecule has 0 fully saturated rings. The van der Waals surface area contributed by atoms with Crippen molar-refractivity contribution in [3.63, 3.8) is 0 Å². The highest BCUT2D eigenvalue weighted by Crippen LogP contribution is 2.41. The van der Waals surface area contributed by atoms with Crippen molar-refractivity contribution in [1.82, 2.24) is 0 Å². The van der Waals surface area contributed by atoms with Crippen LogP contribution in [0.5, 0.6) is 11.5 Å². The number of nitrogens with two attached hydrogens (primary N) is 1. The van der Waals surface area contributed by atoms with E-state index in [2.05, 4.69) is 0 Å². The van der Waals surface area contributed by atoms with Gasteiger partial charge in [-0.15, -0.1) is 0 Å². The summed E-state index contributed by atoms with van der Waals surface area (Å²) < 4.78 is 37.4. The zero-order chi connectivity index (χ0) is 15.0. The van der Waals surface area contributed by atoms with E-state index in [9.17, 15) is 8.78 Å². The molecule has 5 heteroatoms. The Morgan fingerprint density at radius 1 is 1.14 bits per heavy atom. The second kappa shape index (κ2) is 5.33. The van der Waals surface area contributed by atoms with Crippen LogP contribution in [0.1, 0.15) is 29.7 Å². The first-order chi connectivity index (χ1) is 10.1. The molecule has 3 rings (SSSR count). The van der Waals surface area contributed by atoms with Gasteiger partial charge in [-0.1, -0.05) is 12.1 Å². The van der Waals surface area contributed by atoms with Gasteiger partial charge in [0.2, 0.25) is 0 Å². The molecule has 0 bridgehead atoms. The second-order valence-electron chi connectivity index (χ2n) is 5.03. The van der Waals surface area contributed by atoms with Crippen molar-refractivity contribution >= 4 is 0 Å². The lowest BCUT2D eigenvalue weighted by molar-refractivity contribution is 0.160. The van der Waals surface area contributed by atoms with Crippen molar-refractivity contribution in [3.8, 4) is 11.5 Å². The average Bonchev–Trinajstić information content (AvgIpc) is 2.49. The summed E-state index contributed by atoms with van der Waals surface area (Å²) in [5.74, 6) is -0.489. The Hall–Kier alpha value is -2.14. The number of hydrogen-bond acceptors (Lipinski definition) is 3. The SMILES string of the molecule is COc1ccc2c(c1)OC(c1ccc(F)c(F)c1)C[C@@H]2N. The molecule has 0 saturated carbocycles. The predicted octanol–water partition coefficient (Wildman–Crippen LogP) is 3.50. The van der Waals surface area contributed by atoms with E-state index in [0.717, 1.165) is 17.7 Å². The molecule has 1 unspecified atom stereocenters. The summed E-state index contributed by atoms with van der Waals surface area (Å²) in [6.45, 7) is 0. The number of hydrogen-bond donors (Lipinski definition) is 1. The lowest BCUT2D eigenvalue weighted by Gasteiger charge is -2.30. The lowest BCUT2D eigenvalue weighted by Crippen LogP contribution is -2.24. The van der Waals surface area contributed by atoms with Gasteiger partial charge < -0.3 is 15.2 Å². The van der Waals surface area contributed by atoms with Gasteiger partial charge in [-0.3, -0.25) is 0 Å². The van der Waals surface area contributed by atoms with Gasteiger partial charge in [0.25, 0.3) is 0 Å². The highest BCUT2D eigenvalue weighted by Gasteiger charge is 2.28. The minimum Gasteiger partial charge on any atom is -0.497 e. The Morgan fingerprint density at radius 2 is 1.95 bits per heavy atom. The first-order valence-electron chi connectivity index (χ1n) is 6.63. The Kier molecular flexibility index (Phi) is 3.51. The van der Waals surface area contributed by atoms with Crippen molar-refractivity contribution in [3.05, 3.63) is 59.2 Å². The van der Waals surface area contributed by atoms with Crippen LogP contribution >= 0.6 is 0 Å². The van der Waals surface area contributed by atoms with E-state index in [0.29, 0.717) is 23.5 Å². The standard InChI is InChI=1S/C16H15F2NO2/c1-20-10-3-4-11-14(19)8-15(21-16(11)7-10)9-2-5-12(17)13(18)6-9/h2-7,14-15H,8,19H2,1H3/t14-,15?/m0/s1. The Bertz CT molecular complexity index is 675. The van der Waals surface area contributed by atoms with Gasteiger partial charge in [0.15, 0.2) is 11.6 Å². The number of benzene rings is 2. The number of rotatable bonds is 2. The van der Waals surface area contributed by atoms with Crippen LogP contribution in [0.3, 0.4) is 0 Å². The Balaban J connectivity index is 1.94. The summed E-state index contributed by atoms with van der Waals surface area (Å²) >= 11 is 0. The maximum Gasteiger partial charge on any atom is 0.159 e. The number of fused-ring (bicyclic) bond motifs is 1. The van der Waals surface area contributed by atoms with Crippen molar-refractivity contribution in [2.24, 2.45) is 5.73 Å². The normalized spacial score (nSPS) is 20.6. The van der Waals surface area contributed by atoms with Crippen molar-refractivity contribution in [2.45, 2.75) is 18.6 Å². The molecule has 1 heterocycles. The fraction of sp³-hybridized carbons (Fsp3) is 0.250. The Labute approximate surface area is 121 Å². The molecular weight excluding hydrogens is 276 g/mol. The first-order valence-corrected chi connectivity index (χ1v) is 6.63. The largest absolute Gasteiger partial charge is 0.497 e. The minimum absolute atomic E-state index is 0.224. The highest BCUT2D eigenvalue weighted by atomic mass is 19.2. The van der Waals surface area contributed by atoms with E-state index < -0.39 is 17.7 Å². The van der Waals surface area contributed by atoms with Gasteiger partial charge in [-0.25, -0.2) is 8.78 Å². The summed E-state index contributed by atoms with van der Waals surface area (Å²) in [6, 6.07) is 8.97. The monoisotopic (exact) mass is 291 g/mol. The van der Waals surface area contributed by atoms with E-state index in [-0.39, 0.29) is 6.04 Å². The van der Waals surface area contributed by atoms with Crippen LogP contribution in [0, 0.1) is 11.6 Å². The van der Waals surface area contributed by atoms with E-state index in [4.69, 9.17) is 15.2 Å². The molecule has 0 aromatic heterocycles. The third kappa shape index (κ3) is 2.56. The maximum atomic E-state index is 13.4. The molecule has 0 spiro atoms. The van der Waals surface area contributed by atoms with Crippen molar-refractivity contribution < 1.29 is 18.3 Å². The lowest BCUT2D eigenvalue weighted by atomic mass is 9.93. The summed E-state index contributed by atoms with van der Waals surface area (Å²) in [5.41, 5.74) is 7.60. The molecule has 2 N–H and O–H groups in total. The van der Waals surface area contributed by atoms with Crippen LogP contribution in [-0.4, -0.2) is 7.11 Å². The summed E-state index contributed by atoms with van der Waals surface area (Å²) in [6.07, 6.45) is 0.0967. The third-order valence-electron chi connectivity index (χ3n) is 3.67. The van der Waals surface area contributed by atoms with Crippen LogP contribution in [-0.2, 0) is 0 Å². The first kappa shape index (κ1) is 13.8. The second-order valence-corrected chi connectivity index (χ2v) is 5.03. The molecule has 2 aromatic carbocycles. The molecule has 1 aliphatic heterocycles. The molecule has 110 valence electrons. The zero-order valence-corrected chi connectivity index (χ0v) is 11.5. The molecule has 0 saturated heterocycles. The third-order valence-corrected chi connectivity index (χ3v) is 3.67. The van der Waals surface area contributed by atoms with Crippen LogP contribution in [0.4, 0.5) is 8.78 Å². The van der Waals surface area contributed by atoms with Gasteiger partial charge in [-0.05, 0) is 23.8 Å². The van der Waals surface area contributed by atoms with E-state index in [1.54, 1.807) is 13.2 Å². The van der Waals surface area contributed by atoms with Gasteiger partial charge in [0.05, 0.1) is 7.11 Å². The average molecular weight is 291 g/mol. The van der Waals surface area contributed by atoms with Crippen LogP contribution in [0.15, 0.2) is 36.4 Å². The number of ether oxygens (including phenoxy) is 2. The zero-order valence-electron chi connectivity index (χ0n) is 11.5. The quantitative estimate of drug-likeness (QED) is 0.921. The highest BCUT2D eigenvalue weighted by molar-refractivity contribution is 5.44. The molecular formula is C16H15F2NO2. The molecule has 1 aliphatic rings. The number of methoxy groups -OCH3 is 1. The van der Waals surface area contributed by atoms with Crippen LogP contribution in [0.25, 0.3) is 0 Å². The Morgan fingerprint density at radius 3 is 2.67 bits per heavy atom. The number of halogens is 2. The van der Waals surface area contributed by atoms with Gasteiger partial charge >= 0.3 is 0 Å². The van der Waals surface area contributed by atoms with Crippen LogP contribution in [0.2, 0.25) is 0 Å². The van der Waals surface area contributed by atoms with Crippen molar-refractivity contribution in [1.29, 1.82) is 0 Å². The predicted molar refractivity (Wildman–Crippen MR) is 74.3 cm³/mol. The summed E-state index contributed by atoms with van der Waals surface area (Å²) in [5, 5.41) is 0. The van der Waals surface area contributed by atoms with Crippen molar-refractivity contribution in [2.75, 3.05) is 7.11 Å². The van der Waals surface area contributed by atoms with E-state index >= 15 is 0 Å². The molecule has 0 aliphatic carbocycles. The fourth-order valence-electron chi connectivity index (χ4n) is 2.53. The topological polar surface area (TPSA) is 44.5 Å². The molecule has 3 nitrogen and oxygen atoms in total. The molecule has 21 heavy (non-hydrogen) atoms. The molecule has 0 amide bonds. The van der Waals surface area contributed by atoms with Gasteiger partial charge in [0, 0.05) is 24.1 Å². The minimum atomic E-state index is -0.888. The fourth-order valence-corrected chi connectivity index (χ4v) is 2.53. The van der Waals surface area contributed by atoms with Crippen LogP contribution < -0.4 is 15.2 Å². The molecule has 2 aromatic rings. The molecule has 2 atom stereocenters. The summed E-state index contributed by atoms with van der Waals surface area (Å²) in [7, 11) is 1.57. The van der Waals surface area contributed by atoms with E-state index in [1.165, 1.54) is 6.07 Å². The van der Waals surface area contributed by atoms with Gasteiger partial charge in [0.1, 0.15) is 17.6 Å². The maximum absolute atomic E-state index is 13.4. The van der Waals surface area contributed by atoms with Gasteiger partial charge in [-0.2, -0.15) is 0 Å². The smallest absolute Gasteiger partial charge is 0.159 e. The van der Waals surface area contributed by atoms with E-state index in [1.807, 2.05) is 12.1 Å². The molecule has 0 radical (unpaired) electrons.